The van der Waals surface area contributed by atoms with E-state index >= 15 is 0 Å². The van der Waals surface area contributed by atoms with E-state index in [1.54, 1.807) is 6.07 Å². The second-order valence-corrected chi connectivity index (χ2v) is 5.62. The van der Waals surface area contributed by atoms with Crippen LogP contribution in [0.5, 0.6) is 5.75 Å². The van der Waals surface area contributed by atoms with Gasteiger partial charge in [0.2, 0.25) is 0 Å². The van der Waals surface area contributed by atoms with Crippen LogP contribution in [0.2, 0.25) is 0 Å². The van der Waals surface area contributed by atoms with Crippen molar-refractivity contribution in [1.82, 2.24) is 10.9 Å². The number of rotatable bonds is 5. The molecule has 27 heavy (non-hydrogen) atoms. The maximum absolute atomic E-state index is 12.1. The summed E-state index contributed by atoms with van der Waals surface area (Å²) in [5, 5.41) is 10.9. The molecule has 3 aromatic carbocycles. The van der Waals surface area contributed by atoms with Gasteiger partial charge in [-0.3, -0.25) is 20.4 Å². The molecule has 3 rings (SSSR count). The number of fused-ring (bicyclic) bond motifs is 1. The van der Waals surface area contributed by atoms with E-state index in [9.17, 15) is 14.4 Å². The molecule has 0 atom stereocenters. The predicted molar refractivity (Wildman–Crippen MR) is 98.5 cm³/mol. The molecule has 0 aromatic heterocycles. The van der Waals surface area contributed by atoms with Crippen molar-refractivity contribution < 1.29 is 24.2 Å². The first kappa shape index (κ1) is 17.9. The zero-order valence-electron chi connectivity index (χ0n) is 14.1. The Morgan fingerprint density at radius 1 is 0.815 bits per heavy atom. The average Bonchev–Trinajstić information content (AvgIpc) is 2.70. The SMILES string of the molecule is O=C(COc1cccc2ccccc12)NNC(=O)c1ccccc1C(=O)O. The van der Waals surface area contributed by atoms with E-state index in [0.29, 0.717) is 5.75 Å². The van der Waals surface area contributed by atoms with Crippen molar-refractivity contribution in [3.05, 3.63) is 77.9 Å². The minimum atomic E-state index is -1.23. The average molecular weight is 364 g/mol. The summed E-state index contributed by atoms with van der Waals surface area (Å²) < 4.78 is 5.52. The lowest BCUT2D eigenvalue weighted by atomic mass is 10.1. The number of nitrogens with one attached hydrogen (secondary N) is 2. The Morgan fingerprint density at radius 2 is 1.48 bits per heavy atom. The van der Waals surface area contributed by atoms with Gasteiger partial charge >= 0.3 is 5.97 Å². The number of carboxylic acid groups (broad SMARTS) is 1. The molecule has 0 spiro atoms. The van der Waals surface area contributed by atoms with Crippen LogP contribution in [0.15, 0.2) is 66.7 Å². The van der Waals surface area contributed by atoms with Crippen molar-refractivity contribution in [3.63, 3.8) is 0 Å². The summed E-state index contributed by atoms with van der Waals surface area (Å²) in [6.07, 6.45) is 0. The number of hydrogen-bond acceptors (Lipinski definition) is 4. The van der Waals surface area contributed by atoms with Crippen LogP contribution < -0.4 is 15.6 Å². The summed E-state index contributed by atoms with van der Waals surface area (Å²) in [5.41, 5.74) is 4.18. The summed E-state index contributed by atoms with van der Waals surface area (Å²) in [6.45, 7) is -0.311. The molecule has 0 heterocycles. The van der Waals surface area contributed by atoms with Crippen LogP contribution in [-0.4, -0.2) is 29.5 Å². The Morgan fingerprint density at radius 3 is 2.26 bits per heavy atom. The van der Waals surface area contributed by atoms with Crippen molar-refractivity contribution >= 4 is 28.6 Å². The van der Waals surface area contributed by atoms with Crippen molar-refractivity contribution in [2.45, 2.75) is 0 Å². The summed E-state index contributed by atoms with van der Waals surface area (Å²) >= 11 is 0. The highest BCUT2D eigenvalue weighted by Crippen LogP contribution is 2.24. The van der Waals surface area contributed by atoms with Gasteiger partial charge in [0.05, 0.1) is 11.1 Å². The number of aromatic carboxylic acids is 1. The van der Waals surface area contributed by atoms with E-state index in [-0.39, 0.29) is 17.7 Å². The fraction of sp³-hybridized carbons (Fsp3) is 0.0500. The molecule has 0 aliphatic heterocycles. The van der Waals surface area contributed by atoms with Gasteiger partial charge in [0.1, 0.15) is 5.75 Å². The second-order valence-electron chi connectivity index (χ2n) is 5.62. The molecule has 3 aromatic rings. The van der Waals surface area contributed by atoms with Crippen molar-refractivity contribution in [1.29, 1.82) is 0 Å². The number of carboxylic acids is 1. The number of amides is 2. The van der Waals surface area contributed by atoms with Gasteiger partial charge in [-0.25, -0.2) is 4.79 Å². The first-order valence-electron chi connectivity index (χ1n) is 8.08. The van der Waals surface area contributed by atoms with Crippen LogP contribution in [0.4, 0.5) is 0 Å². The van der Waals surface area contributed by atoms with Gasteiger partial charge in [0.25, 0.3) is 11.8 Å². The second kappa shape index (κ2) is 8.01. The number of hydrazine groups is 1. The van der Waals surface area contributed by atoms with Gasteiger partial charge in [-0.15, -0.1) is 0 Å². The number of ether oxygens (including phenoxy) is 1. The molecular formula is C20H16N2O5. The third-order valence-corrected chi connectivity index (χ3v) is 3.83. The van der Waals surface area contributed by atoms with E-state index in [2.05, 4.69) is 10.9 Å². The fourth-order valence-electron chi connectivity index (χ4n) is 2.56. The highest BCUT2D eigenvalue weighted by molar-refractivity contribution is 6.05. The lowest BCUT2D eigenvalue weighted by Gasteiger charge is -2.11. The standard InChI is InChI=1S/C20H16N2O5/c23-18(12-27-17-11-5-7-13-6-1-2-8-14(13)17)21-22-19(24)15-9-3-4-10-16(15)20(25)26/h1-11H,12H2,(H,21,23)(H,22,24)(H,25,26). The fourth-order valence-corrected chi connectivity index (χ4v) is 2.56. The smallest absolute Gasteiger partial charge is 0.336 e. The zero-order chi connectivity index (χ0) is 19.2. The Labute approximate surface area is 154 Å². The normalized spacial score (nSPS) is 10.2. The number of carbonyl (C=O) groups excluding carboxylic acids is 2. The van der Waals surface area contributed by atoms with Crippen LogP contribution in [0.25, 0.3) is 10.8 Å². The van der Waals surface area contributed by atoms with Gasteiger partial charge in [-0.1, -0.05) is 48.5 Å². The molecule has 3 N–H and O–H groups in total. The molecule has 0 saturated carbocycles. The summed E-state index contributed by atoms with van der Waals surface area (Å²) in [6, 6.07) is 18.8. The number of carbonyl (C=O) groups is 3. The van der Waals surface area contributed by atoms with Crippen LogP contribution in [0.3, 0.4) is 0 Å². The lowest BCUT2D eigenvalue weighted by Crippen LogP contribution is -2.44. The monoisotopic (exact) mass is 364 g/mol. The van der Waals surface area contributed by atoms with E-state index in [1.165, 1.54) is 24.3 Å². The molecule has 0 radical (unpaired) electrons. The van der Waals surface area contributed by atoms with Gasteiger partial charge in [-0.05, 0) is 23.6 Å². The third kappa shape index (κ3) is 4.21. The molecular weight excluding hydrogens is 348 g/mol. The molecule has 7 nitrogen and oxygen atoms in total. The summed E-state index contributed by atoms with van der Waals surface area (Å²) in [7, 11) is 0. The molecule has 0 bridgehead atoms. The Balaban J connectivity index is 1.59. The van der Waals surface area contributed by atoms with E-state index in [1.807, 2.05) is 36.4 Å². The number of hydrogen-bond donors (Lipinski definition) is 3. The van der Waals surface area contributed by atoms with Crippen LogP contribution >= 0.6 is 0 Å². The van der Waals surface area contributed by atoms with Crippen LogP contribution in [0, 0.1) is 0 Å². The van der Waals surface area contributed by atoms with Crippen molar-refractivity contribution in [2.75, 3.05) is 6.61 Å². The summed E-state index contributed by atoms with van der Waals surface area (Å²) in [5.74, 6) is -1.99. The molecule has 7 heteroatoms. The Hall–Kier alpha value is -3.87. The zero-order valence-corrected chi connectivity index (χ0v) is 14.1. The van der Waals surface area contributed by atoms with Crippen molar-refractivity contribution in [2.24, 2.45) is 0 Å². The largest absolute Gasteiger partial charge is 0.483 e. The van der Waals surface area contributed by atoms with Gasteiger partial charge in [0.15, 0.2) is 6.61 Å². The first-order valence-corrected chi connectivity index (χ1v) is 8.08. The molecule has 0 saturated heterocycles. The van der Waals surface area contributed by atoms with Gasteiger partial charge in [0, 0.05) is 5.39 Å². The molecule has 0 unspecified atom stereocenters. The highest BCUT2D eigenvalue weighted by atomic mass is 16.5. The Bertz CT molecular complexity index is 1010. The number of benzene rings is 3. The quantitative estimate of drug-likeness (QED) is 0.603. The summed E-state index contributed by atoms with van der Waals surface area (Å²) in [4.78, 5) is 35.2. The first-order chi connectivity index (χ1) is 13.1. The maximum atomic E-state index is 12.1. The van der Waals surface area contributed by atoms with E-state index < -0.39 is 17.8 Å². The predicted octanol–water partition coefficient (Wildman–Crippen LogP) is 2.38. The highest BCUT2D eigenvalue weighted by Gasteiger charge is 2.16. The van der Waals surface area contributed by atoms with Crippen LogP contribution in [0.1, 0.15) is 20.7 Å². The molecule has 0 aliphatic carbocycles. The molecule has 2 amide bonds. The minimum Gasteiger partial charge on any atom is -0.483 e. The van der Waals surface area contributed by atoms with Crippen molar-refractivity contribution in [3.8, 4) is 5.75 Å². The topological polar surface area (TPSA) is 105 Å². The lowest BCUT2D eigenvalue weighted by molar-refractivity contribution is -0.123. The minimum absolute atomic E-state index is 0.0553. The Kier molecular flexibility index (Phi) is 5.32. The van der Waals surface area contributed by atoms with Gasteiger partial charge < -0.3 is 9.84 Å². The molecule has 0 aliphatic rings. The van der Waals surface area contributed by atoms with Crippen LogP contribution in [-0.2, 0) is 4.79 Å². The maximum Gasteiger partial charge on any atom is 0.336 e. The van der Waals surface area contributed by atoms with Gasteiger partial charge in [-0.2, -0.15) is 0 Å². The molecule has 136 valence electrons. The molecule has 0 fully saturated rings. The van der Waals surface area contributed by atoms with E-state index in [0.717, 1.165) is 10.8 Å². The van der Waals surface area contributed by atoms with E-state index in [4.69, 9.17) is 9.84 Å². The third-order valence-electron chi connectivity index (χ3n) is 3.83.